The summed E-state index contributed by atoms with van der Waals surface area (Å²) >= 11 is 0. The molecule has 0 saturated carbocycles. The van der Waals surface area contributed by atoms with E-state index in [9.17, 15) is 19.0 Å². The van der Waals surface area contributed by atoms with Gasteiger partial charge in [-0.2, -0.15) is 0 Å². The molecule has 0 aliphatic rings. The van der Waals surface area contributed by atoms with Crippen molar-refractivity contribution in [2.75, 3.05) is 47.5 Å². The Morgan fingerprint density at radius 3 is 2.22 bits per heavy atom. The highest BCUT2D eigenvalue weighted by molar-refractivity contribution is 7.47. The number of unbranched alkanes of at least 4 members (excludes halogenated alkanes) is 1. The summed E-state index contributed by atoms with van der Waals surface area (Å²) in [4.78, 5) is 33.1. The van der Waals surface area contributed by atoms with Crippen molar-refractivity contribution in [2.24, 2.45) is 0 Å². The Morgan fingerprint density at radius 2 is 1.67 bits per heavy atom. The van der Waals surface area contributed by atoms with Gasteiger partial charge in [-0.15, -0.1) is 0 Å². The fourth-order valence-corrected chi connectivity index (χ4v) is 2.53. The van der Waals surface area contributed by atoms with Crippen LogP contribution < -0.4 is 0 Å². The van der Waals surface area contributed by atoms with E-state index in [-0.39, 0.29) is 26.1 Å². The Balaban J connectivity index is 4.59. The topological polar surface area (TPSA) is 108 Å². The smallest absolute Gasteiger partial charge is 0.462 e. The summed E-state index contributed by atoms with van der Waals surface area (Å²) in [7, 11) is 1.46. The lowest BCUT2D eigenvalue weighted by Gasteiger charge is -2.24. The second kappa shape index (κ2) is 13.2. The van der Waals surface area contributed by atoms with E-state index in [2.05, 4.69) is 0 Å². The Bertz CT molecular complexity index is 492. The highest BCUT2D eigenvalue weighted by Gasteiger charge is 2.26. The molecule has 0 heterocycles. The molecule has 0 aliphatic heterocycles. The lowest BCUT2D eigenvalue weighted by atomic mass is 10.2. The van der Waals surface area contributed by atoms with Crippen molar-refractivity contribution in [3.63, 3.8) is 0 Å². The molecule has 1 N–H and O–H groups in total. The van der Waals surface area contributed by atoms with E-state index in [4.69, 9.17) is 18.5 Å². The first-order valence-corrected chi connectivity index (χ1v) is 10.8. The van der Waals surface area contributed by atoms with Gasteiger partial charge >= 0.3 is 19.8 Å². The van der Waals surface area contributed by atoms with Gasteiger partial charge in [-0.05, 0) is 12.8 Å². The number of carbonyl (C=O) groups excluding carboxylic acids is 2. The average Bonchev–Trinajstić information content (AvgIpc) is 2.54. The number of hydrogen-bond donors (Lipinski definition) is 1. The van der Waals surface area contributed by atoms with Crippen LogP contribution in [0.15, 0.2) is 0 Å². The number of rotatable bonds is 15. The zero-order chi connectivity index (χ0) is 20.9. The third kappa shape index (κ3) is 15.7. The molecule has 0 fully saturated rings. The Kier molecular flexibility index (Phi) is 12.7. The zero-order valence-electron chi connectivity index (χ0n) is 17.1. The third-order valence-electron chi connectivity index (χ3n) is 3.36. The van der Waals surface area contributed by atoms with Crippen molar-refractivity contribution in [3.05, 3.63) is 0 Å². The van der Waals surface area contributed by atoms with Crippen LogP contribution in [0, 0.1) is 0 Å². The van der Waals surface area contributed by atoms with Crippen molar-refractivity contribution in [1.29, 1.82) is 0 Å². The number of carbonyl (C=O) groups is 2. The second-order valence-electron chi connectivity index (χ2n) is 7.26. The van der Waals surface area contributed by atoms with Gasteiger partial charge in [0.15, 0.2) is 6.10 Å². The van der Waals surface area contributed by atoms with E-state index in [0.717, 1.165) is 6.42 Å². The van der Waals surface area contributed by atoms with Crippen molar-refractivity contribution in [1.82, 2.24) is 0 Å². The quantitative estimate of drug-likeness (QED) is 0.248. The Hall–Kier alpha value is -0.990. The number of quaternary nitrogens is 1. The SMILES string of the molecule is CCCCC(=O)OC(COC(=O)CCC)COP(=O)(O)OCC[N+](C)(C)C. The molecule has 0 aromatic carbocycles. The number of hydrogen-bond acceptors (Lipinski definition) is 7. The first-order chi connectivity index (χ1) is 12.5. The maximum atomic E-state index is 12.0. The molecule has 0 amide bonds. The summed E-state index contributed by atoms with van der Waals surface area (Å²) in [6.07, 6.45) is 1.60. The van der Waals surface area contributed by atoms with Gasteiger partial charge in [0.2, 0.25) is 0 Å². The molecule has 160 valence electrons. The molecular weight excluding hydrogens is 377 g/mol. The summed E-state index contributed by atoms with van der Waals surface area (Å²) in [5, 5.41) is 0. The van der Waals surface area contributed by atoms with E-state index in [1.807, 2.05) is 35.0 Å². The van der Waals surface area contributed by atoms with Gasteiger partial charge in [-0.25, -0.2) is 4.57 Å². The molecule has 2 unspecified atom stereocenters. The van der Waals surface area contributed by atoms with E-state index >= 15 is 0 Å². The van der Waals surface area contributed by atoms with Crippen LogP contribution in [0.5, 0.6) is 0 Å². The number of likely N-dealkylation sites (N-methyl/N-ethyl adjacent to an activating group) is 1. The fourth-order valence-electron chi connectivity index (χ4n) is 1.79. The summed E-state index contributed by atoms with van der Waals surface area (Å²) < 4.78 is 32.6. The van der Waals surface area contributed by atoms with Gasteiger partial charge in [0.25, 0.3) is 0 Å². The molecular formula is C17H35NO8P+. The van der Waals surface area contributed by atoms with Gasteiger partial charge < -0.3 is 18.9 Å². The van der Waals surface area contributed by atoms with Crippen molar-refractivity contribution < 1.29 is 42.1 Å². The third-order valence-corrected chi connectivity index (χ3v) is 4.34. The first-order valence-electron chi connectivity index (χ1n) is 9.26. The molecule has 9 nitrogen and oxygen atoms in total. The monoisotopic (exact) mass is 412 g/mol. The molecule has 0 aromatic heterocycles. The molecule has 0 radical (unpaired) electrons. The molecule has 0 bridgehead atoms. The number of ether oxygens (including phenoxy) is 2. The molecule has 2 atom stereocenters. The average molecular weight is 412 g/mol. The minimum absolute atomic E-state index is 0.0315. The molecule has 27 heavy (non-hydrogen) atoms. The molecule has 0 rings (SSSR count). The largest absolute Gasteiger partial charge is 0.472 e. The summed E-state index contributed by atoms with van der Waals surface area (Å²) in [6.45, 7) is 3.67. The van der Waals surface area contributed by atoms with Gasteiger partial charge in [0.1, 0.15) is 19.8 Å². The van der Waals surface area contributed by atoms with Crippen LogP contribution in [0.4, 0.5) is 0 Å². The van der Waals surface area contributed by atoms with Crippen LogP contribution >= 0.6 is 7.82 Å². The Labute approximate surface area is 162 Å². The lowest BCUT2D eigenvalue weighted by Crippen LogP contribution is -2.37. The van der Waals surface area contributed by atoms with Gasteiger partial charge in [0, 0.05) is 12.8 Å². The first kappa shape index (κ1) is 26.0. The predicted molar refractivity (Wildman–Crippen MR) is 99.9 cm³/mol. The van der Waals surface area contributed by atoms with Gasteiger partial charge in [0.05, 0.1) is 27.7 Å². The summed E-state index contributed by atoms with van der Waals surface area (Å²) in [5.74, 6) is -0.908. The van der Waals surface area contributed by atoms with Crippen LogP contribution in [0.3, 0.4) is 0 Å². The maximum absolute atomic E-state index is 12.0. The minimum Gasteiger partial charge on any atom is -0.462 e. The minimum atomic E-state index is -4.30. The van der Waals surface area contributed by atoms with Gasteiger partial charge in [-0.3, -0.25) is 18.6 Å². The van der Waals surface area contributed by atoms with Crippen LogP contribution in [-0.2, 0) is 32.7 Å². The van der Waals surface area contributed by atoms with Crippen molar-refractivity contribution in [2.45, 2.75) is 52.1 Å². The van der Waals surface area contributed by atoms with Crippen molar-refractivity contribution >= 4 is 19.8 Å². The summed E-state index contributed by atoms with van der Waals surface area (Å²) in [5.41, 5.74) is 0. The van der Waals surface area contributed by atoms with Crippen LogP contribution in [-0.4, -0.2) is 74.9 Å². The Morgan fingerprint density at radius 1 is 1.00 bits per heavy atom. The highest BCUT2D eigenvalue weighted by atomic mass is 31.2. The predicted octanol–water partition coefficient (Wildman–Crippen LogP) is 2.27. The lowest BCUT2D eigenvalue weighted by molar-refractivity contribution is -0.870. The van der Waals surface area contributed by atoms with E-state index in [1.54, 1.807) is 0 Å². The molecule has 0 aromatic rings. The molecule has 0 aliphatic carbocycles. The maximum Gasteiger partial charge on any atom is 0.472 e. The van der Waals surface area contributed by atoms with Crippen LogP contribution in [0.1, 0.15) is 46.0 Å². The van der Waals surface area contributed by atoms with E-state index < -0.39 is 32.5 Å². The standard InChI is InChI=1S/C17H34NO8P/c1-6-8-10-17(20)26-15(13-23-16(19)9-7-2)14-25-27(21,22)24-12-11-18(3,4)5/h15H,6-14H2,1-5H3/p+1. The molecule has 10 heteroatoms. The normalized spacial score (nSPS) is 15.0. The summed E-state index contributed by atoms with van der Waals surface area (Å²) in [6, 6.07) is 0. The molecule has 0 spiro atoms. The van der Waals surface area contributed by atoms with Crippen molar-refractivity contribution in [3.8, 4) is 0 Å². The van der Waals surface area contributed by atoms with E-state index in [0.29, 0.717) is 23.9 Å². The van der Waals surface area contributed by atoms with Gasteiger partial charge in [-0.1, -0.05) is 20.3 Å². The molecule has 0 saturated heterocycles. The number of phosphoric ester groups is 1. The number of esters is 2. The van der Waals surface area contributed by atoms with E-state index in [1.165, 1.54) is 0 Å². The number of nitrogens with zero attached hydrogens (tertiary/aromatic N) is 1. The fraction of sp³-hybridized carbons (Fsp3) is 0.882. The zero-order valence-corrected chi connectivity index (χ0v) is 18.0. The highest BCUT2D eigenvalue weighted by Crippen LogP contribution is 2.43. The van der Waals surface area contributed by atoms with Crippen LogP contribution in [0.25, 0.3) is 0 Å². The second-order valence-corrected chi connectivity index (χ2v) is 8.71. The van der Waals surface area contributed by atoms with Crippen LogP contribution in [0.2, 0.25) is 0 Å². The number of phosphoric acid groups is 1.